The first-order valence-corrected chi connectivity index (χ1v) is 12.1. The fourth-order valence-electron chi connectivity index (χ4n) is 4.40. The van der Waals surface area contributed by atoms with Crippen LogP contribution in [0.4, 0.5) is 5.69 Å². The van der Waals surface area contributed by atoms with Gasteiger partial charge in [0.2, 0.25) is 6.41 Å². The van der Waals surface area contributed by atoms with Crippen LogP contribution in [0.15, 0.2) is 60.1 Å². The van der Waals surface area contributed by atoms with Gasteiger partial charge in [0.15, 0.2) is 0 Å². The number of allylic oxidation sites excluding steroid dienone is 2. The van der Waals surface area contributed by atoms with E-state index in [1.54, 1.807) is 6.20 Å². The Kier molecular flexibility index (Phi) is 9.34. The van der Waals surface area contributed by atoms with Crippen LogP contribution in [0.3, 0.4) is 0 Å². The first-order chi connectivity index (χ1) is 16.8. The molecule has 0 fully saturated rings. The second kappa shape index (κ2) is 12.4. The Bertz CT molecular complexity index is 1090. The lowest BCUT2D eigenvalue weighted by molar-refractivity contribution is -0.105. The van der Waals surface area contributed by atoms with Crippen LogP contribution in [0, 0.1) is 10.8 Å². The lowest BCUT2D eigenvalue weighted by atomic mass is 9.75. The number of hydrogen-bond acceptors (Lipinski definition) is 6. The number of nitrogens with two attached hydrogens (primary N) is 1. The van der Waals surface area contributed by atoms with Crippen molar-refractivity contribution in [2.75, 3.05) is 25.6 Å². The second-order valence-corrected chi connectivity index (χ2v) is 9.73. The molecule has 0 atom stereocenters. The normalized spacial score (nSPS) is 17.1. The summed E-state index contributed by atoms with van der Waals surface area (Å²) < 4.78 is 5.39. The highest BCUT2D eigenvalue weighted by atomic mass is 16.5. The Labute approximate surface area is 208 Å². The Hall–Kier alpha value is -3.29. The average molecular weight is 476 g/mol. The predicted octanol–water partition coefficient (Wildman–Crippen LogP) is 4.65. The van der Waals surface area contributed by atoms with Gasteiger partial charge in [-0.1, -0.05) is 26.0 Å². The molecular weight excluding hydrogens is 438 g/mol. The Balaban J connectivity index is 0.000000320. The molecule has 1 aliphatic heterocycles. The molecule has 35 heavy (non-hydrogen) atoms. The average Bonchev–Trinajstić information content (AvgIpc) is 2.85. The minimum atomic E-state index is 0.187. The number of pyridine rings is 1. The number of aromatic nitrogens is 1. The van der Waals surface area contributed by atoms with Crippen molar-refractivity contribution >= 4 is 23.4 Å². The van der Waals surface area contributed by atoms with Gasteiger partial charge in [-0.3, -0.25) is 15.2 Å². The number of nitrogens with zero attached hydrogens (tertiary/aromatic N) is 1. The SMILES string of the molecule is CC1(C)CCC(C(=N)c2cc(NC=O)cc(C3=CCOCC3)c2)=C(N)C1.CNCc1cccnc1. The van der Waals surface area contributed by atoms with Gasteiger partial charge in [-0.25, -0.2) is 0 Å². The fourth-order valence-corrected chi connectivity index (χ4v) is 4.40. The molecule has 1 amide bonds. The third-order valence-corrected chi connectivity index (χ3v) is 6.30. The van der Waals surface area contributed by atoms with E-state index in [1.807, 2.05) is 43.6 Å². The van der Waals surface area contributed by atoms with Gasteiger partial charge in [0.05, 0.1) is 18.9 Å². The Morgan fingerprint density at radius 2 is 2.11 bits per heavy atom. The van der Waals surface area contributed by atoms with Crippen molar-refractivity contribution in [3.8, 4) is 0 Å². The van der Waals surface area contributed by atoms with E-state index in [2.05, 4.69) is 35.5 Å². The van der Waals surface area contributed by atoms with Crippen LogP contribution in [-0.4, -0.2) is 37.4 Å². The van der Waals surface area contributed by atoms with Crippen molar-refractivity contribution in [3.63, 3.8) is 0 Å². The molecule has 7 heteroatoms. The van der Waals surface area contributed by atoms with Crippen LogP contribution >= 0.6 is 0 Å². The standard InChI is InChI=1S/C21H27N3O2.C7H10N2/c1-21(2)6-3-18(19(22)12-21)20(23)16-9-15(10-17(11-16)24-13-25)14-4-7-26-8-5-14;1-8-5-7-3-2-4-9-6-7/h4,9-11,13,23H,3,5-8,12,22H2,1-2H3,(H,24,25);2-4,6,8H,5H2,1H3. The summed E-state index contributed by atoms with van der Waals surface area (Å²) in [5.41, 5.74) is 13.6. The van der Waals surface area contributed by atoms with Gasteiger partial charge >= 0.3 is 0 Å². The zero-order chi connectivity index (χ0) is 25.3. The molecule has 0 saturated heterocycles. The van der Waals surface area contributed by atoms with Crippen molar-refractivity contribution in [3.05, 3.63) is 76.8 Å². The highest BCUT2D eigenvalue weighted by Gasteiger charge is 2.28. The number of anilines is 1. The van der Waals surface area contributed by atoms with Crippen molar-refractivity contribution in [2.45, 2.75) is 46.1 Å². The molecule has 2 aliphatic rings. The molecule has 0 saturated carbocycles. The van der Waals surface area contributed by atoms with Gasteiger partial charge in [0.1, 0.15) is 0 Å². The van der Waals surface area contributed by atoms with Crippen LogP contribution in [0.25, 0.3) is 5.57 Å². The second-order valence-electron chi connectivity index (χ2n) is 9.73. The fraction of sp³-hybridized carbons (Fsp3) is 0.393. The van der Waals surface area contributed by atoms with Gasteiger partial charge in [-0.05, 0) is 84.7 Å². The van der Waals surface area contributed by atoms with Crippen LogP contribution in [-0.2, 0) is 16.1 Å². The van der Waals surface area contributed by atoms with E-state index in [-0.39, 0.29) is 5.41 Å². The summed E-state index contributed by atoms with van der Waals surface area (Å²) in [4.78, 5) is 14.9. The van der Waals surface area contributed by atoms with Gasteiger partial charge < -0.3 is 21.1 Å². The third kappa shape index (κ3) is 7.60. The van der Waals surface area contributed by atoms with Crippen molar-refractivity contribution in [1.29, 1.82) is 5.41 Å². The number of rotatable bonds is 7. The zero-order valence-corrected chi connectivity index (χ0v) is 21.0. The van der Waals surface area contributed by atoms with Crippen molar-refractivity contribution in [2.24, 2.45) is 11.1 Å². The molecule has 7 nitrogen and oxygen atoms in total. The molecule has 5 N–H and O–H groups in total. The molecule has 186 valence electrons. The molecule has 1 aliphatic carbocycles. The lowest BCUT2D eigenvalue weighted by Crippen LogP contribution is -2.25. The summed E-state index contributed by atoms with van der Waals surface area (Å²) in [6.07, 6.45) is 9.84. The first kappa shape index (κ1) is 26.3. The minimum Gasteiger partial charge on any atom is -0.402 e. The van der Waals surface area contributed by atoms with Crippen LogP contribution in [0.2, 0.25) is 0 Å². The van der Waals surface area contributed by atoms with E-state index in [4.69, 9.17) is 15.9 Å². The molecule has 4 rings (SSSR count). The maximum Gasteiger partial charge on any atom is 0.211 e. The predicted molar refractivity (Wildman–Crippen MR) is 142 cm³/mol. The maximum absolute atomic E-state index is 10.9. The first-order valence-electron chi connectivity index (χ1n) is 12.1. The van der Waals surface area contributed by atoms with E-state index >= 15 is 0 Å². The van der Waals surface area contributed by atoms with E-state index in [0.717, 1.165) is 54.6 Å². The molecule has 2 aromatic rings. The highest BCUT2D eigenvalue weighted by molar-refractivity contribution is 6.12. The summed E-state index contributed by atoms with van der Waals surface area (Å²) in [5, 5.41) is 14.5. The lowest BCUT2D eigenvalue weighted by Gasteiger charge is -2.32. The number of benzene rings is 1. The highest BCUT2D eigenvalue weighted by Crippen LogP contribution is 2.38. The van der Waals surface area contributed by atoms with Gasteiger partial charge in [0.25, 0.3) is 0 Å². The quantitative estimate of drug-likeness (QED) is 0.344. The van der Waals surface area contributed by atoms with E-state index in [0.29, 0.717) is 31.0 Å². The third-order valence-electron chi connectivity index (χ3n) is 6.30. The van der Waals surface area contributed by atoms with E-state index in [1.165, 1.54) is 11.1 Å². The van der Waals surface area contributed by atoms with E-state index in [9.17, 15) is 4.79 Å². The van der Waals surface area contributed by atoms with Crippen LogP contribution in [0.1, 0.15) is 56.2 Å². The number of carbonyl (C=O) groups excluding carboxylic acids is 1. The molecule has 0 bridgehead atoms. The number of carbonyl (C=O) groups is 1. The monoisotopic (exact) mass is 475 g/mol. The zero-order valence-electron chi connectivity index (χ0n) is 21.0. The topological polar surface area (TPSA) is 113 Å². The number of nitrogens with one attached hydrogen (secondary N) is 3. The molecule has 0 radical (unpaired) electrons. The number of amides is 1. The molecule has 1 aromatic carbocycles. The smallest absolute Gasteiger partial charge is 0.211 e. The Morgan fingerprint density at radius 3 is 2.74 bits per heavy atom. The molecule has 0 spiro atoms. The minimum absolute atomic E-state index is 0.187. The van der Waals surface area contributed by atoms with Gasteiger partial charge in [0, 0.05) is 35.9 Å². The van der Waals surface area contributed by atoms with E-state index < -0.39 is 0 Å². The summed E-state index contributed by atoms with van der Waals surface area (Å²) >= 11 is 0. The molecule has 1 aromatic heterocycles. The molecular formula is C28H37N5O2. The number of ether oxygens (including phenoxy) is 1. The summed E-state index contributed by atoms with van der Waals surface area (Å²) in [7, 11) is 1.92. The molecule has 0 unspecified atom stereocenters. The summed E-state index contributed by atoms with van der Waals surface area (Å²) in [6, 6.07) is 9.80. The van der Waals surface area contributed by atoms with Gasteiger partial charge in [-0.2, -0.15) is 0 Å². The summed E-state index contributed by atoms with van der Waals surface area (Å²) in [5.74, 6) is 0. The van der Waals surface area contributed by atoms with Crippen LogP contribution < -0.4 is 16.4 Å². The number of hydrogen-bond donors (Lipinski definition) is 4. The van der Waals surface area contributed by atoms with Crippen molar-refractivity contribution < 1.29 is 9.53 Å². The largest absolute Gasteiger partial charge is 0.402 e. The van der Waals surface area contributed by atoms with Gasteiger partial charge in [-0.15, -0.1) is 0 Å². The molecule has 2 heterocycles. The van der Waals surface area contributed by atoms with Crippen molar-refractivity contribution in [1.82, 2.24) is 10.3 Å². The summed E-state index contributed by atoms with van der Waals surface area (Å²) in [6.45, 7) is 6.61. The maximum atomic E-state index is 10.9. The Morgan fingerprint density at radius 1 is 1.29 bits per heavy atom. The van der Waals surface area contributed by atoms with Crippen LogP contribution in [0.5, 0.6) is 0 Å².